The standard InChI is InChI=1S/C16H14N2O2/c1-20-16(19)13-7-8-14-10-17-15(18(14)11-13)9-12-5-3-2-4-6-12/h2-8,10-11H,9H2,1H3. The molecule has 1 aromatic carbocycles. The molecule has 0 unspecified atom stereocenters. The number of fused-ring (bicyclic) bond motifs is 1. The molecule has 0 radical (unpaired) electrons. The molecular formula is C16H14N2O2. The van der Waals surface area contributed by atoms with E-state index in [1.807, 2.05) is 28.7 Å². The lowest BCUT2D eigenvalue weighted by atomic mass is 10.1. The maximum absolute atomic E-state index is 11.6. The molecule has 0 bridgehead atoms. The van der Waals surface area contributed by atoms with E-state index in [9.17, 15) is 4.79 Å². The first-order chi connectivity index (χ1) is 9.78. The number of rotatable bonds is 3. The minimum absolute atomic E-state index is 0.341. The number of aromatic nitrogens is 2. The van der Waals surface area contributed by atoms with Crippen molar-refractivity contribution in [3.8, 4) is 0 Å². The molecule has 0 atom stereocenters. The molecule has 20 heavy (non-hydrogen) atoms. The second-order valence-corrected chi connectivity index (χ2v) is 4.54. The van der Waals surface area contributed by atoms with E-state index >= 15 is 0 Å². The third-order valence-corrected chi connectivity index (χ3v) is 3.23. The van der Waals surface area contributed by atoms with E-state index < -0.39 is 0 Å². The van der Waals surface area contributed by atoms with Crippen molar-refractivity contribution < 1.29 is 9.53 Å². The van der Waals surface area contributed by atoms with Gasteiger partial charge in [0, 0.05) is 12.6 Å². The summed E-state index contributed by atoms with van der Waals surface area (Å²) in [6, 6.07) is 13.7. The van der Waals surface area contributed by atoms with Crippen LogP contribution >= 0.6 is 0 Å². The van der Waals surface area contributed by atoms with E-state index in [0.29, 0.717) is 5.56 Å². The Kier molecular flexibility index (Phi) is 3.21. The lowest BCUT2D eigenvalue weighted by molar-refractivity contribution is 0.0600. The average molecular weight is 266 g/mol. The van der Waals surface area contributed by atoms with Crippen LogP contribution in [-0.4, -0.2) is 22.5 Å². The van der Waals surface area contributed by atoms with Crippen LogP contribution in [0.3, 0.4) is 0 Å². The van der Waals surface area contributed by atoms with Crippen LogP contribution in [0, 0.1) is 0 Å². The zero-order chi connectivity index (χ0) is 13.9. The van der Waals surface area contributed by atoms with Gasteiger partial charge in [0.15, 0.2) is 0 Å². The fourth-order valence-electron chi connectivity index (χ4n) is 2.19. The molecule has 3 aromatic rings. The predicted octanol–water partition coefficient (Wildman–Crippen LogP) is 2.71. The zero-order valence-corrected chi connectivity index (χ0v) is 11.1. The number of methoxy groups -OCH3 is 1. The highest BCUT2D eigenvalue weighted by atomic mass is 16.5. The minimum Gasteiger partial charge on any atom is -0.465 e. The number of carbonyl (C=O) groups excluding carboxylic acids is 1. The van der Waals surface area contributed by atoms with Gasteiger partial charge >= 0.3 is 5.97 Å². The van der Waals surface area contributed by atoms with Crippen molar-refractivity contribution in [2.24, 2.45) is 0 Å². The molecule has 0 saturated carbocycles. The Balaban J connectivity index is 2.01. The van der Waals surface area contributed by atoms with Gasteiger partial charge in [0.1, 0.15) is 5.82 Å². The lowest BCUT2D eigenvalue weighted by Crippen LogP contribution is -2.04. The van der Waals surface area contributed by atoms with Crippen LogP contribution in [0.2, 0.25) is 0 Å². The Labute approximate surface area is 116 Å². The molecule has 0 spiro atoms. The Morgan fingerprint density at radius 1 is 1.20 bits per heavy atom. The first kappa shape index (κ1) is 12.4. The summed E-state index contributed by atoms with van der Waals surface area (Å²) < 4.78 is 6.68. The number of esters is 1. The summed E-state index contributed by atoms with van der Waals surface area (Å²) >= 11 is 0. The highest BCUT2D eigenvalue weighted by Gasteiger charge is 2.09. The van der Waals surface area contributed by atoms with E-state index in [0.717, 1.165) is 17.8 Å². The second kappa shape index (κ2) is 5.17. The van der Waals surface area contributed by atoms with Crippen molar-refractivity contribution in [2.75, 3.05) is 7.11 Å². The van der Waals surface area contributed by atoms with Crippen molar-refractivity contribution in [3.05, 3.63) is 71.8 Å². The Morgan fingerprint density at radius 2 is 2.00 bits per heavy atom. The Morgan fingerprint density at radius 3 is 2.75 bits per heavy atom. The SMILES string of the molecule is COC(=O)c1ccc2cnc(Cc3ccccc3)n2c1. The summed E-state index contributed by atoms with van der Waals surface area (Å²) in [4.78, 5) is 16.0. The number of carbonyl (C=O) groups is 1. The number of nitrogens with zero attached hydrogens (tertiary/aromatic N) is 2. The topological polar surface area (TPSA) is 43.6 Å². The van der Waals surface area contributed by atoms with Gasteiger partial charge in [-0.1, -0.05) is 30.3 Å². The van der Waals surface area contributed by atoms with E-state index in [-0.39, 0.29) is 5.97 Å². The van der Waals surface area contributed by atoms with Crippen LogP contribution in [0.25, 0.3) is 5.52 Å². The summed E-state index contributed by atoms with van der Waals surface area (Å²) in [7, 11) is 1.38. The molecule has 4 heteroatoms. The van der Waals surface area contributed by atoms with Gasteiger partial charge < -0.3 is 9.14 Å². The Hall–Kier alpha value is -2.62. The minimum atomic E-state index is -0.341. The van der Waals surface area contributed by atoms with Crippen molar-refractivity contribution in [1.82, 2.24) is 9.38 Å². The fraction of sp³-hybridized carbons (Fsp3) is 0.125. The van der Waals surface area contributed by atoms with E-state index in [2.05, 4.69) is 17.1 Å². The van der Waals surface area contributed by atoms with E-state index in [1.54, 1.807) is 18.5 Å². The average Bonchev–Trinajstić information content (AvgIpc) is 2.90. The summed E-state index contributed by atoms with van der Waals surface area (Å²) in [6.07, 6.45) is 4.30. The van der Waals surface area contributed by atoms with Crippen LogP contribution in [0.5, 0.6) is 0 Å². The normalized spacial score (nSPS) is 10.7. The first-order valence-corrected chi connectivity index (χ1v) is 6.36. The van der Waals surface area contributed by atoms with Crippen LogP contribution in [-0.2, 0) is 11.2 Å². The van der Waals surface area contributed by atoms with Gasteiger partial charge in [0.2, 0.25) is 0 Å². The third kappa shape index (κ3) is 2.28. The van der Waals surface area contributed by atoms with Crippen LogP contribution in [0.15, 0.2) is 54.9 Å². The summed E-state index contributed by atoms with van der Waals surface area (Å²) in [5.41, 5.74) is 2.67. The maximum Gasteiger partial charge on any atom is 0.339 e. The summed E-state index contributed by atoms with van der Waals surface area (Å²) in [5, 5.41) is 0. The van der Waals surface area contributed by atoms with Gasteiger partial charge in [-0.25, -0.2) is 9.78 Å². The van der Waals surface area contributed by atoms with Gasteiger partial charge in [0.25, 0.3) is 0 Å². The molecule has 0 saturated heterocycles. The van der Waals surface area contributed by atoms with Gasteiger partial charge in [-0.2, -0.15) is 0 Å². The van der Waals surface area contributed by atoms with Crippen molar-refractivity contribution in [1.29, 1.82) is 0 Å². The molecule has 100 valence electrons. The number of benzene rings is 1. The number of ether oxygens (including phenoxy) is 1. The molecule has 0 N–H and O–H groups in total. The van der Waals surface area contributed by atoms with E-state index in [4.69, 9.17) is 4.74 Å². The van der Waals surface area contributed by atoms with Crippen molar-refractivity contribution in [2.45, 2.75) is 6.42 Å². The quantitative estimate of drug-likeness (QED) is 0.685. The number of hydrogen-bond acceptors (Lipinski definition) is 3. The Bertz CT molecular complexity index is 748. The molecule has 0 fully saturated rings. The van der Waals surface area contributed by atoms with Gasteiger partial charge in [-0.3, -0.25) is 0 Å². The highest BCUT2D eigenvalue weighted by Crippen LogP contribution is 2.13. The van der Waals surface area contributed by atoms with Crippen molar-refractivity contribution in [3.63, 3.8) is 0 Å². The first-order valence-electron chi connectivity index (χ1n) is 6.36. The molecule has 2 heterocycles. The fourth-order valence-corrected chi connectivity index (χ4v) is 2.19. The molecule has 0 aliphatic rings. The van der Waals surface area contributed by atoms with Gasteiger partial charge in [-0.15, -0.1) is 0 Å². The largest absolute Gasteiger partial charge is 0.465 e. The molecule has 0 amide bonds. The maximum atomic E-state index is 11.6. The van der Waals surface area contributed by atoms with Crippen LogP contribution < -0.4 is 0 Å². The predicted molar refractivity (Wildman–Crippen MR) is 75.8 cm³/mol. The molecule has 0 aliphatic carbocycles. The van der Waals surface area contributed by atoms with Gasteiger partial charge in [0.05, 0.1) is 24.4 Å². The zero-order valence-electron chi connectivity index (χ0n) is 11.1. The highest BCUT2D eigenvalue weighted by molar-refractivity contribution is 5.89. The summed E-state index contributed by atoms with van der Waals surface area (Å²) in [5.74, 6) is 0.559. The van der Waals surface area contributed by atoms with Crippen molar-refractivity contribution >= 4 is 11.5 Å². The van der Waals surface area contributed by atoms with E-state index in [1.165, 1.54) is 12.7 Å². The number of imidazole rings is 1. The molecular weight excluding hydrogens is 252 g/mol. The van der Waals surface area contributed by atoms with Crippen LogP contribution in [0.4, 0.5) is 0 Å². The lowest BCUT2D eigenvalue weighted by Gasteiger charge is -2.04. The monoisotopic (exact) mass is 266 g/mol. The second-order valence-electron chi connectivity index (χ2n) is 4.54. The van der Waals surface area contributed by atoms with Gasteiger partial charge in [-0.05, 0) is 17.7 Å². The van der Waals surface area contributed by atoms with Crippen LogP contribution in [0.1, 0.15) is 21.7 Å². The number of pyridine rings is 1. The summed E-state index contributed by atoms with van der Waals surface area (Å²) in [6.45, 7) is 0. The molecule has 3 rings (SSSR count). The third-order valence-electron chi connectivity index (χ3n) is 3.23. The molecule has 2 aromatic heterocycles. The molecule has 4 nitrogen and oxygen atoms in total. The smallest absolute Gasteiger partial charge is 0.339 e. The number of hydrogen-bond donors (Lipinski definition) is 0. The molecule has 0 aliphatic heterocycles.